The molecule has 1 aromatic rings. The lowest BCUT2D eigenvalue weighted by Crippen LogP contribution is -2.46. The molecule has 3 heterocycles. The monoisotopic (exact) mass is 361 g/mol. The van der Waals surface area contributed by atoms with Gasteiger partial charge in [0.2, 0.25) is 0 Å². The summed E-state index contributed by atoms with van der Waals surface area (Å²) in [5.74, 6) is 2.43. The second kappa shape index (κ2) is 6.16. The third-order valence-electron chi connectivity index (χ3n) is 3.44. The molecule has 2 aliphatic heterocycles. The van der Waals surface area contributed by atoms with Crippen LogP contribution in [0, 0.1) is 0 Å². The highest BCUT2D eigenvalue weighted by Gasteiger charge is 2.26. The highest BCUT2D eigenvalue weighted by atomic mass is 79.9. The number of fused-ring (bicyclic) bond motifs is 1. The quantitative estimate of drug-likeness (QED) is 0.758. The van der Waals surface area contributed by atoms with Crippen LogP contribution in [0.15, 0.2) is 6.07 Å². The fourth-order valence-corrected chi connectivity index (χ4v) is 5.14. The Balaban J connectivity index is 1.74. The molecular weight excluding hydrogens is 346 g/mol. The van der Waals surface area contributed by atoms with Crippen LogP contribution in [-0.2, 0) is 16.9 Å². The topological polar surface area (TPSA) is 29.5 Å². The van der Waals surface area contributed by atoms with Crippen LogP contribution in [-0.4, -0.2) is 47.7 Å². The van der Waals surface area contributed by atoms with Crippen LogP contribution in [0.1, 0.15) is 20.1 Å². The van der Waals surface area contributed by atoms with E-state index in [4.69, 9.17) is 4.74 Å². The van der Waals surface area contributed by atoms with Crippen LogP contribution >= 0.6 is 39.0 Å². The SMILES string of the molecule is O=C(c1cc2c(s1)CCSC2)N1CCOC(CBr)C1. The Morgan fingerprint density at radius 1 is 1.58 bits per heavy atom. The zero-order valence-corrected chi connectivity index (χ0v) is 13.8. The molecule has 3 nitrogen and oxygen atoms in total. The highest BCUT2D eigenvalue weighted by molar-refractivity contribution is 9.09. The summed E-state index contributed by atoms with van der Waals surface area (Å²) in [6.45, 7) is 2.05. The lowest BCUT2D eigenvalue weighted by atomic mass is 10.2. The van der Waals surface area contributed by atoms with Crippen molar-refractivity contribution in [2.75, 3.05) is 30.8 Å². The number of morpholine rings is 1. The first-order valence-corrected chi connectivity index (χ1v) is 9.53. The lowest BCUT2D eigenvalue weighted by molar-refractivity contribution is -0.00945. The molecule has 1 unspecified atom stereocenters. The van der Waals surface area contributed by atoms with E-state index in [9.17, 15) is 4.79 Å². The Kier molecular flexibility index (Phi) is 4.51. The van der Waals surface area contributed by atoms with Crippen molar-refractivity contribution in [1.82, 2.24) is 4.90 Å². The number of halogens is 1. The maximum Gasteiger partial charge on any atom is 0.264 e. The summed E-state index contributed by atoms with van der Waals surface area (Å²) in [6.07, 6.45) is 1.24. The normalized spacial score (nSPS) is 23.2. The number of carbonyl (C=O) groups excluding carboxylic acids is 1. The number of hydrogen-bond donors (Lipinski definition) is 0. The van der Waals surface area contributed by atoms with Gasteiger partial charge in [-0.3, -0.25) is 4.79 Å². The van der Waals surface area contributed by atoms with E-state index in [0.29, 0.717) is 19.7 Å². The average Bonchev–Trinajstić information content (AvgIpc) is 2.90. The van der Waals surface area contributed by atoms with Gasteiger partial charge in [0.1, 0.15) is 0 Å². The number of ether oxygens (including phenoxy) is 1. The predicted octanol–water partition coefficient (Wildman–Crippen LogP) is 2.77. The first-order chi connectivity index (χ1) is 9.28. The Labute approximate surface area is 129 Å². The van der Waals surface area contributed by atoms with Gasteiger partial charge in [0.15, 0.2) is 0 Å². The third-order valence-corrected chi connectivity index (χ3v) is 6.39. The van der Waals surface area contributed by atoms with Gasteiger partial charge < -0.3 is 9.64 Å². The van der Waals surface area contributed by atoms with Crippen LogP contribution in [0.3, 0.4) is 0 Å². The Morgan fingerprint density at radius 3 is 3.26 bits per heavy atom. The molecule has 0 N–H and O–H groups in total. The van der Waals surface area contributed by atoms with Crippen molar-refractivity contribution in [2.24, 2.45) is 0 Å². The summed E-state index contributed by atoms with van der Waals surface area (Å²) in [4.78, 5) is 16.8. The fraction of sp³-hybridized carbons (Fsp3) is 0.615. The number of alkyl halides is 1. The van der Waals surface area contributed by atoms with Crippen LogP contribution in [0.2, 0.25) is 0 Å². The van der Waals surface area contributed by atoms with E-state index in [1.54, 1.807) is 11.3 Å². The standard InChI is InChI=1S/C13H16BrNO2S2/c14-6-10-7-15(2-3-17-10)13(16)12-5-9-8-18-4-1-11(9)19-12/h5,10H,1-4,6-8H2. The van der Waals surface area contributed by atoms with Crippen molar-refractivity contribution in [3.63, 3.8) is 0 Å². The minimum atomic E-state index is 0.128. The molecule has 19 heavy (non-hydrogen) atoms. The van der Waals surface area contributed by atoms with E-state index in [-0.39, 0.29) is 12.0 Å². The maximum absolute atomic E-state index is 12.5. The van der Waals surface area contributed by atoms with E-state index < -0.39 is 0 Å². The van der Waals surface area contributed by atoms with Gasteiger partial charge >= 0.3 is 0 Å². The van der Waals surface area contributed by atoms with Gasteiger partial charge in [0.25, 0.3) is 5.91 Å². The summed E-state index contributed by atoms with van der Waals surface area (Å²) in [5.41, 5.74) is 1.37. The van der Waals surface area contributed by atoms with E-state index in [1.807, 2.05) is 16.7 Å². The van der Waals surface area contributed by atoms with E-state index in [1.165, 1.54) is 16.2 Å². The van der Waals surface area contributed by atoms with Crippen LogP contribution in [0.4, 0.5) is 0 Å². The van der Waals surface area contributed by atoms with E-state index in [0.717, 1.165) is 22.4 Å². The molecule has 0 saturated carbocycles. The van der Waals surface area contributed by atoms with Gasteiger partial charge in [-0.05, 0) is 23.8 Å². The number of thiophene rings is 1. The molecule has 0 radical (unpaired) electrons. The molecule has 104 valence electrons. The zero-order chi connectivity index (χ0) is 13.2. The van der Waals surface area contributed by atoms with Crippen molar-refractivity contribution in [1.29, 1.82) is 0 Å². The van der Waals surface area contributed by atoms with Crippen LogP contribution in [0.25, 0.3) is 0 Å². The molecule has 1 atom stereocenters. The molecule has 1 aromatic heterocycles. The van der Waals surface area contributed by atoms with Crippen molar-refractivity contribution < 1.29 is 9.53 Å². The molecule has 2 aliphatic rings. The molecule has 0 spiro atoms. The lowest BCUT2D eigenvalue weighted by Gasteiger charge is -2.31. The number of nitrogens with zero attached hydrogens (tertiary/aromatic N) is 1. The molecule has 1 fully saturated rings. The van der Waals surface area contributed by atoms with Gasteiger partial charge in [0.05, 0.1) is 17.6 Å². The fourth-order valence-electron chi connectivity index (χ4n) is 2.41. The van der Waals surface area contributed by atoms with Crippen molar-refractivity contribution in [2.45, 2.75) is 18.3 Å². The van der Waals surface area contributed by atoms with Crippen LogP contribution < -0.4 is 0 Å². The highest BCUT2D eigenvalue weighted by Crippen LogP contribution is 2.32. The summed E-state index contributed by atoms with van der Waals surface area (Å²) >= 11 is 7.07. The van der Waals surface area contributed by atoms with Crippen molar-refractivity contribution >= 4 is 44.9 Å². The molecule has 6 heteroatoms. The van der Waals surface area contributed by atoms with Crippen LogP contribution in [0.5, 0.6) is 0 Å². The Morgan fingerprint density at radius 2 is 2.47 bits per heavy atom. The summed E-state index contributed by atoms with van der Waals surface area (Å²) in [6, 6.07) is 2.10. The molecule has 0 aliphatic carbocycles. The molecule has 0 bridgehead atoms. The third kappa shape index (κ3) is 3.01. The molecule has 3 rings (SSSR count). The van der Waals surface area contributed by atoms with E-state index >= 15 is 0 Å². The first kappa shape index (κ1) is 13.9. The largest absolute Gasteiger partial charge is 0.374 e. The molecule has 0 aromatic carbocycles. The minimum Gasteiger partial charge on any atom is -0.374 e. The average molecular weight is 362 g/mol. The number of hydrogen-bond acceptors (Lipinski definition) is 4. The second-order valence-corrected chi connectivity index (χ2v) is 7.65. The van der Waals surface area contributed by atoms with Gasteiger partial charge in [-0.2, -0.15) is 11.8 Å². The number of aryl methyl sites for hydroxylation is 1. The number of rotatable bonds is 2. The first-order valence-electron chi connectivity index (χ1n) is 6.44. The van der Waals surface area contributed by atoms with Gasteiger partial charge in [-0.15, -0.1) is 11.3 Å². The molecular formula is C13H16BrNO2S2. The smallest absolute Gasteiger partial charge is 0.264 e. The second-order valence-electron chi connectivity index (χ2n) is 4.76. The summed E-state index contributed by atoms with van der Waals surface area (Å²) in [5, 5.41) is 0.786. The van der Waals surface area contributed by atoms with E-state index in [2.05, 4.69) is 22.0 Å². The summed E-state index contributed by atoms with van der Waals surface area (Å²) in [7, 11) is 0. The maximum atomic E-state index is 12.5. The number of thioether (sulfide) groups is 1. The van der Waals surface area contributed by atoms with Crippen molar-refractivity contribution in [3.8, 4) is 0 Å². The number of carbonyl (C=O) groups is 1. The zero-order valence-electron chi connectivity index (χ0n) is 10.6. The Bertz CT molecular complexity index is 454. The van der Waals surface area contributed by atoms with Gasteiger partial charge in [0, 0.05) is 29.0 Å². The molecule has 1 saturated heterocycles. The van der Waals surface area contributed by atoms with Crippen molar-refractivity contribution in [3.05, 3.63) is 21.4 Å². The summed E-state index contributed by atoms with van der Waals surface area (Å²) < 4.78 is 5.58. The van der Waals surface area contributed by atoms with Gasteiger partial charge in [-0.25, -0.2) is 0 Å². The molecule has 1 amide bonds. The van der Waals surface area contributed by atoms with Gasteiger partial charge in [-0.1, -0.05) is 15.9 Å². The Hall–Kier alpha value is -0.0400. The minimum absolute atomic E-state index is 0.128. The predicted molar refractivity (Wildman–Crippen MR) is 83.6 cm³/mol. The number of amides is 1.